The van der Waals surface area contributed by atoms with E-state index in [0.29, 0.717) is 6.54 Å². The van der Waals surface area contributed by atoms with Crippen LogP contribution in [-0.2, 0) is 9.53 Å². The number of anilines is 1. The summed E-state index contributed by atoms with van der Waals surface area (Å²) in [5.41, 5.74) is 2.21. The normalized spacial score (nSPS) is 20.4. The molecular formula is C17H25NO3. The molecule has 1 aromatic carbocycles. The van der Waals surface area contributed by atoms with Gasteiger partial charge in [0.25, 0.3) is 0 Å². The minimum absolute atomic E-state index is 0.0591. The molecule has 1 N–H and O–H groups in total. The van der Waals surface area contributed by atoms with Gasteiger partial charge in [-0.15, -0.1) is 0 Å². The second kappa shape index (κ2) is 6.48. The zero-order valence-corrected chi connectivity index (χ0v) is 13.1. The average Bonchev–Trinajstić information content (AvgIpc) is 2.75. The van der Waals surface area contributed by atoms with Gasteiger partial charge in [0.1, 0.15) is 0 Å². The summed E-state index contributed by atoms with van der Waals surface area (Å²) in [5, 5.41) is 8.94. The van der Waals surface area contributed by atoms with Gasteiger partial charge in [-0.05, 0) is 45.7 Å². The quantitative estimate of drug-likeness (QED) is 0.874. The lowest BCUT2D eigenvalue weighted by Gasteiger charge is -2.28. The minimum atomic E-state index is -0.764. The standard InChI is InChI=1S/C17H25NO3/c1-13-4-6-14(7-5-13)18(11-9-16(19)20)12-15-8-10-17(2,3)21-15/h4-7,15H,8-12H2,1-3H3,(H,19,20). The van der Waals surface area contributed by atoms with Crippen LogP contribution in [0.5, 0.6) is 0 Å². The van der Waals surface area contributed by atoms with Crippen LogP contribution < -0.4 is 4.90 Å². The molecule has 0 radical (unpaired) electrons. The molecule has 4 nitrogen and oxygen atoms in total. The monoisotopic (exact) mass is 291 g/mol. The van der Waals surface area contributed by atoms with E-state index < -0.39 is 5.97 Å². The fourth-order valence-electron chi connectivity index (χ4n) is 2.76. The van der Waals surface area contributed by atoms with Gasteiger partial charge in [0.2, 0.25) is 0 Å². The number of hydrogen-bond acceptors (Lipinski definition) is 3. The van der Waals surface area contributed by atoms with Gasteiger partial charge in [0.05, 0.1) is 18.1 Å². The van der Waals surface area contributed by atoms with Crippen molar-refractivity contribution in [3.63, 3.8) is 0 Å². The van der Waals surface area contributed by atoms with Crippen molar-refractivity contribution in [2.24, 2.45) is 0 Å². The zero-order chi connectivity index (χ0) is 15.5. The molecule has 1 heterocycles. The third-order valence-electron chi connectivity index (χ3n) is 3.97. The molecule has 21 heavy (non-hydrogen) atoms. The Labute approximate surface area is 126 Å². The van der Waals surface area contributed by atoms with Gasteiger partial charge in [-0.25, -0.2) is 0 Å². The summed E-state index contributed by atoms with van der Waals surface area (Å²) >= 11 is 0. The molecule has 0 saturated carbocycles. The second-order valence-corrected chi connectivity index (χ2v) is 6.46. The van der Waals surface area contributed by atoms with E-state index in [2.05, 4.69) is 43.0 Å². The van der Waals surface area contributed by atoms with Crippen molar-refractivity contribution in [2.45, 2.75) is 51.7 Å². The molecule has 1 fully saturated rings. The smallest absolute Gasteiger partial charge is 0.305 e. The van der Waals surface area contributed by atoms with Crippen molar-refractivity contribution in [3.05, 3.63) is 29.8 Å². The molecule has 1 unspecified atom stereocenters. The van der Waals surface area contributed by atoms with Gasteiger partial charge in [0, 0.05) is 18.8 Å². The van der Waals surface area contributed by atoms with E-state index in [1.54, 1.807) is 0 Å². The Morgan fingerprint density at radius 1 is 1.38 bits per heavy atom. The third-order valence-corrected chi connectivity index (χ3v) is 3.97. The van der Waals surface area contributed by atoms with E-state index in [1.807, 2.05) is 6.92 Å². The number of nitrogens with zero attached hydrogens (tertiary/aromatic N) is 1. The number of benzene rings is 1. The first-order chi connectivity index (χ1) is 9.85. The molecule has 0 bridgehead atoms. The number of carbonyl (C=O) groups is 1. The van der Waals surface area contributed by atoms with Crippen LogP contribution in [0.2, 0.25) is 0 Å². The lowest BCUT2D eigenvalue weighted by Crippen LogP contribution is -2.35. The van der Waals surface area contributed by atoms with Crippen molar-refractivity contribution >= 4 is 11.7 Å². The second-order valence-electron chi connectivity index (χ2n) is 6.46. The number of rotatable bonds is 6. The molecule has 1 saturated heterocycles. The summed E-state index contributed by atoms with van der Waals surface area (Å²) in [6, 6.07) is 8.22. The molecular weight excluding hydrogens is 266 g/mol. The van der Waals surface area contributed by atoms with Crippen molar-refractivity contribution in [1.82, 2.24) is 0 Å². The van der Waals surface area contributed by atoms with Crippen LogP contribution in [0.1, 0.15) is 38.7 Å². The molecule has 1 aromatic rings. The molecule has 0 spiro atoms. The number of hydrogen-bond donors (Lipinski definition) is 1. The van der Waals surface area contributed by atoms with E-state index in [1.165, 1.54) is 5.56 Å². The van der Waals surface area contributed by atoms with Crippen LogP contribution >= 0.6 is 0 Å². The van der Waals surface area contributed by atoms with Gasteiger partial charge in [-0.3, -0.25) is 4.79 Å². The van der Waals surface area contributed by atoms with Gasteiger partial charge in [-0.2, -0.15) is 0 Å². The first-order valence-electron chi connectivity index (χ1n) is 7.57. The SMILES string of the molecule is Cc1ccc(N(CCC(=O)O)CC2CCC(C)(C)O2)cc1. The Morgan fingerprint density at radius 3 is 2.57 bits per heavy atom. The fraction of sp³-hybridized carbons (Fsp3) is 0.588. The highest BCUT2D eigenvalue weighted by atomic mass is 16.5. The van der Waals surface area contributed by atoms with Gasteiger partial charge in [-0.1, -0.05) is 17.7 Å². The Bertz CT molecular complexity index is 481. The minimum Gasteiger partial charge on any atom is -0.481 e. The number of ether oxygens (including phenoxy) is 1. The number of aliphatic carboxylic acids is 1. The summed E-state index contributed by atoms with van der Waals surface area (Å²) < 4.78 is 6.04. The predicted octanol–water partition coefficient (Wildman–Crippen LogP) is 3.23. The maximum atomic E-state index is 10.9. The van der Waals surface area contributed by atoms with Crippen molar-refractivity contribution in [1.29, 1.82) is 0 Å². The van der Waals surface area contributed by atoms with Crippen molar-refractivity contribution in [2.75, 3.05) is 18.0 Å². The van der Waals surface area contributed by atoms with Gasteiger partial charge >= 0.3 is 5.97 Å². The molecule has 0 aromatic heterocycles. The molecule has 0 aliphatic carbocycles. The largest absolute Gasteiger partial charge is 0.481 e. The topological polar surface area (TPSA) is 49.8 Å². The van der Waals surface area contributed by atoms with Crippen LogP contribution in [0.15, 0.2) is 24.3 Å². The summed E-state index contributed by atoms with van der Waals surface area (Å²) in [5.74, 6) is -0.764. The maximum absolute atomic E-state index is 10.9. The van der Waals surface area contributed by atoms with Crippen LogP contribution in [0, 0.1) is 6.92 Å². The zero-order valence-electron chi connectivity index (χ0n) is 13.1. The summed E-state index contributed by atoms with van der Waals surface area (Å²) in [6.07, 6.45) is 2.40. The van der Waals surface area contributed by atoms with Crippen LogP contribution in [0.4, 0.5) is 5.69 Å². The Balaban J connectivity index is 2.05. The van der Waals surface area contributed by atoms with E-state index >= 15 is 0 Å². The Morgan fingerprint density at radius 2 is 2.05 bits per heavy atom. The molecule has 116 valence electrons. The number of aryl methyl sites for hydroxylation is 1. The van der Waals surface area contributed by atoms with Crippen LogP contribution in [-0.4, -0.2) is 35.9 Å². The summed E-state index contributed by atoms with van der Waals surface area (Å²) in [6.45, 7) is 7.54. The lowest BCUT2D eigenvalue weighted by molar-refractivity contribution is -0.136. The van der Waals surface area contributed by atoms with Gasteiger partial charge in [0.15, 0.2) is 0 Å². The highest BCUT2D eigenvalue weighted by Gasteiger charge is 2.32. The van der Waals surface area contributed by atoms with Gasteiger partial charge < -0.3 is 14.7 Å². The Kier molecular flexibility index (Phi) is 4.88. The summed E-state index contributed by atoms with van der Waals surface area (Å²) in [4.78, 5) is 13.0. The highest BCUT2D eigenvalue weighted by Crippen LogP contribution is 2.30. The first-order valence-corrected chi connectivity index (χ1v) is 7.57. The predicted molar refractivity (Wildman–Crippen MR) is 83.8 cm³/mol. The van der Waals surface area contributed by atoms with E-state index in [0.717, 1.165) is 25.1 Å². The van der Waals surface area contributed by atoms with Crippen molar-refractivity contribution in [3.8, 4) is 0 Å². The fourth-order valence-corrected chi connectivity index (χ4v) is 2.76. The third kappa shape index (κ3) is 4.74. The molecule has 0 amide bonds. The molecule has 4 heteroatoms. The highest BCUT2D eigenvalue weighted by molar-refractivity contribution is 5.67. The number of carboxylic acids is 1. The molecule has 1 atom stereocenters. The van der Waals surface area contributed by atoms with E-state index in [4.69, 9.17) is 9.84 Å². The van der Waals surface area contributed by atoms with E-state index in [-0.39, 0.29) is 18.1 Å². The average molecular weight is 291 g/mol. The van der Waals surface area contributed by atoms with E-state index in [9.17, 15) is 4.79 Å². The number of carboxylic acid groups (broad SMARTS) is 1. The Hall–Kier alpha value is -1.55. The maximum Gasteiger partial charge on any atom is 0.305 e. The molecule has 2 rings (SSSR count). The molecule has 1 aliphatic rings. The van der Waals surface area contributed by atoms with Crippen LogP contribution in [0.25, 0.3) is 0 Å². The summed E-state index contributed by atoms with van der Waals surface area (Å²) in [7, 11) is 0. The lowest BCUT2D eigenvalue weighted by atomic mass is 10.1. The van der Waals surface area contributed by atoms with Crippen LogP contribution in [0.3, 0.4) is 0 Å². The van der Waals surface area contributed by atoms with Crippen molar-refractivity contribution < 1.29 is 14.6 Å². The molecule has 1 aliphatic heterocycles. The first kappa shape index (κ1) is 15.8.